The number of benzene rings is 2. The fourth-order valence-corrected chi connectivity index (χ4v) is 4.01. The average molecular weight is 475 g/mol. The fourth-order valence-electron chi connectivity index (χ4n) is 3.20. The van der Waals surface area contributed by atoms with E-state index in [-0.39, 0.29) is 23.0 Å². The molecule has 3 aromatic rings. The summed E-state index contributed by atoms with van der Waals surface area (Å²) < 4.78 is 34.7. The first-order valence-electron chi connectivity index (χ1n) is 10.7. The molecule has 1 amide bonds. The first kappa shape index (κ1) is 24.7. The predicted molar refractivity (Wildman–Crippen MR) is 126 cm³/mol. The Morgan fingerprint density at radius 1 is 1.15 bits per heavy atom. The third-order valence-corrected chi connectivity index (χ3v) is 5.96. The highest BCUT2D eigenvalue weighted by atomic mass is 32.2. The van der Waals surface area contributed by atoms with Gasteiger partial charge in [-0.2, -0.15) is 0 Å². The minimum atomic E-state index is -0.825. The summed E-state index contributed by atoms with van der Waals surface area (Å²) in [4.78, 5) is 12.2. The van der Waals surface area contributed by atoms with Gasteiger partial charge in [-0.3, -0.25) is 4.79 Å². The molecule has 1 heterocycles. The molecular weight excluding hydrogens is 446 g/mol. The normalized spacial score (nSPS) is 12.5. The number of rotatable bonds is 8. The van der Waals surface area contributed by atoms with Crippen LogP contribution in [0.15, 0.2) is 47.6 Å². The van der Waals surface area contributed by atoms with Gasteiger partial charge in [0.25, 0.3) is 0 Å². The average Bonchev–Trinajstić information content (AvgIpc) is 3.17. The standard InChI is InChI=1S/C24H28F2N4O2S/c1-6-30-22(15(2)32-18-10-7-16(8-11-18)24(3,4)5)28-29-23(30)33-14-21(31)27-20-12-9-17(25)13-19(20)26/h7-13,15H,6,14H2,1-5H3,(H,27,31). The molecule has 6 nitrogen and oxygen atoms in total. The van der Waals surface area contributed by atoms with Gasteiger partial charge in [0, 0.05) is 12.6 Å². The van der Waals surface area contributed by atoms with Crippen LogP contribution in [0.25, 0.3) is 0 Å². The van der Waals surface area contributed by atoms with Crippen LogP contribution in [0.5, 0.6) is 5.75 Å². The number of carbonyl (C=O) groups is 1. The van der Waals surface area contributed by atoms with Crippen molar-refractivity contribution in [3.63, 3.8) is 0 Å². The monoisotopic (exact) mass is 474 g/mol. The van der Waals surface area contributed by atoms with Gasteiger partial charge in [-0.05, 0) is 49.1 Å². The van der Waals surface area contributed by atoms with Crippen molar-refractivity contribution in [1.82, 2.24) is 14.8 Å². The van der Waals surface area contributed by atoms with Crippen LogP contribution in [0.3, 0.4) is 0 Å². The summed E-state index contributed by atoms with van der Waals surface area (Å²) in [5, 5.41) is 11.5. The number of nitrogens with zero attached hydrogens (tertiary/aromatic N) is 3. The molecule has 0 saturated carbocycles. The molecule has 33 heavy (non-hydrogen) atoms. The molecule has 1 atom stereocenters. The summed E-state index contributed by atoms with van der Waals surface area (Å²) in [5.74, 6) is -0.584. The molecule has 9 heteroatoms. The second-order valence-corrected chi connectivity index (χ2v) is 9.52. The highest BCUT2D eigenvalue weighted by Crippen LogP contribution is 2.28. The number of halogens is 2. The zero-order valence-corrected chi connectivity index (χ0v) is 20.2. The lowest BCUT2D eigenvalue weighted by Crippen LogP contribution is -2.16. The third-order valence-electron chi connectivity index (χ3n) is 5.00. The molecule has 0 aliphatic rings. The molecule has 0 bridgehead atoms. The van der Waals surface area contributed by atoms with Crippen molar-refractivity contribution in [1.29, 1.82) is 0 Å². The Kier molecular flexibility index (Phi) is 7.73. The van der Waals surface area contributed by atoms with Gasteiger partial charge in [0.15, 0.2) is 17.1 Å². The van der Waals surface area contributed by atoms with Gasteiger partial charge in [0.2, 0.25) is 5.91 Å². The minimum absolute atomic E-state index is 0.00153. The lowest BCUT2D eigenvalue weighted by Gasteiger charge is -2.20. The van der Waals surface area contributed by atoms with Crippen molar-refractivity contribution >= 4 is 23.4 Å². The number of thioether (sulfide) groups is 1. The molecule has 0 saturated heterocycles. The van der Waals surface area contributed by atoms with Gasteiger partial charge < -0.3 is 14.6 Å². The Labute approximate surface area is 196 Å². The maximum Gasteiger partial charge on any atom is 0.234 e. The van der Waals surface area contributed by atoms with Gasteiger partial charge in [0.1, 0.15) is 17.4 Å². The quantitative estimate of drug-likeness (QED) is 0.422. The van der Waals surface area contributed by atoms with Crippen LogP contribution in [0.1, 0.15) is 52.1 Å². The van der Waals surface area contributed by atoms with Crippen molar-refractivity contribution in [2.75, 3.05) is 11.1 Å². The molecule has 0 spiro atoms. The van der Waals surface area contributed by atoms with Crippen molar-refractivity contribution in [3.8, 4) is 5.75 Å². The number of hydrogen-bond acceptors (Lipinski definition) is 5. The summed E-state index contributed by atoms with van der Waals surface area (Å²) >= 11 is 1.18. The highest BCUT2D eigenvalue weighted by Gasteiger charge is 2.20. The Hall–Kier alpha value is -2.94. The smallest absolute Gasteiger partial charge is 0.234 e. The molecule has 176 valence electrons. The lowest BCUT2D eigenvalue weighted by molar-refractivity contribution is -0.113. The zero-order valence-electron chi connectivity index (χ0n) is 19.4. The largest absolute Gasteiger partial charge is 0.483 e. The number of carbonyl (C=O) groups excluding carboxylic acids is 1. The number of ether oxygens (including phenoxy) is 1. The number of aromatic nitrogens is 3. The predicted octanol–water partition coefficient (Wildman–Crippen LogP) is 5.74. The summed E-state index contributed by atoms with van der Waals surface area (Å²) in [7, 11) is 0. The second kappa shape index (κ2) is 10.3. The molecular formula is C24H28F2N4O2S. The third kappa shape index (κ3) is 6.31. The van der Waals surface area contributed by atoms with E-state index >= 15 is 0 Å². The van der Waals surface area contributed by atoms with Crippen LogP contribution in [0, 0.1) is 11.6 Å². The molecule has 3 rings (SSSR count). The van der Waals surface area contributed by atoms with Gasteiger partial charge in [0.05, 0.1) is 11.4 Å². The van der Waals surface area contributed by atoms with Gasteiger partial charge in [-0.25, -0.2) is 8.78 Å². The zero-order chi connectivity index (χ0) is 24.2. The molecule has 2 aromatic carbocycles. The molecule has 1 unspecified atom stereocenters. The SMILES string of the molecule is CCn1c(SCC(=O)Nc2ccc(F)cc2F)nnc1C(C)Oc1ccc(C(C)(C)C)cc1. The first-order chi connectivity index (χ1) is 15.6. The van der Waals surface area contributed by atoms with E-state index in [9.17, 15) is 13.6 Å². The van der Waals surface area contributed by atoms with Gasteiger partial charge >= 0.3 is 0 Å². The fraction of sp³-hybridized carbons (Fsp3) is 0.375. The van der Waals surface area contributed by atoms with E-state index in [0.29, 0.717) is 17.5 Å². The van der Waals surface area contributed by atoms with E-state index in [2.05, 4.69) is 48.4 Å². The van der Waals surface area contributed by atoms with Crippen LogP contribution in [-0.4, -0.2) is 26.4 Å². The van der Waals surface area contributed by atoms with Crippen molar-refractivity contribution in [2.24, 2.45) is 0 Å². The molecule has 0 fully saturated rings. The molecule has 1 aromatic heterocycles. The summed E-state index contributed by atoms with van der Waals surface area (Å²) in [6.07, 6.45) is -0.352. The lowest BCUT2D eigenvalue weighted by atomic mass is 9.87. The van der Waals surface area contributed by atoms with Crippen LogP contribution in [-0.2, 0) is 16.8 Å². The summed E-state index contributed by atoms with van der Waals surface area (Å²) in [5.41, 5.74) is 1.21. The molecule has 0 aliphatic carbocycles. The van der Waals surface area contributed by atoms with E-state index in [1.807, 2.05) is 30.5 Å². The Morgan fingerprint density at radius 2 is 1.85 bits per heavy atom. The van der Waals surface area contributed by atoms with Crippen LogP contribution in [0.4, 0.5) is 14.5 Å². The van der Waals surface area contributed by atoms with E-state index in [1.54, 1.807) is 0 Å². The number of hydrogen-bond donors (Lipinski definition) is 1. The van der Waals surface area contributed by atoms with Gasteiger partial charge in [-0.1, -0.05) is 44.7 Å². The summed E-state index contributed by atoms with van der Waals surface area (Å²) in [6, 6.07) is 11.0. The maximum absolute atomic E-state index is 13.7. The molecule has 0 radical (unpaired) electrons. The number of anilines is 1. The van der Waals surface area contributed by atoms with Crippen molar-refractivity contribution in [2.45, 2.75) is 57.8 Å². The number of amides is 1. The Bertz CT molecular complexity index is 1110. The molecule has 0 aliphatic heterocycles. The van der Waals surface area contributed by atoms with Gasteiger partial charge in [-0.15, -0.1) is 10.2 Å². The van der Waals surface area contributed by atoms with E-state index in [4.69, 9.17) is 4.74 Å². The van der Waals surface area contributed by atoms with Crippen LogP contribution >= 0.6 is 11.8 Å². The Morgan fingerprint density at radius 3 is 2.45 bits per heavy atom. The van der Waals surface area contributed by atoms with Crippen molar-refractivity contribution < 1.29 is 18.3 Å². The summed E-state index contributed by atoms with van der Waals surface area (Å²) in [6.45, 7) is 10.9. The first-order valence-corrected chi connectivity index (χ1v) is 11.6. The maximum atomic E-state index is 13.7. The highest BCUT2D eigenvalue weighted by molar-refractivity contribution is 7.99. The van der Waals surface area contributed by atoms with E-state index < -0.39 is 17.5 Å². The van der Waals surface area contributed by atoms with Crippen LogP contribution in [0.2, 0.25) is 0 Å². The minimum Gasteiger partial charge on any atom is -0.483 e. The Balaban J connectivity index is 1.63. The molecule has 1 N–H and O–H groups in total. The second-order valence-electron chi connectivity index (χ2n) is 8.58. The topological polar surface area (TPSA) is 69.0 Å². The van der Waals surface area contributed by atoms with Crippen LogP contribution < -0.4 is 10.1 Å². The van der Waals surface area contributed by atoms with Crippen molar-refractivity contribution in [3.05, 3.63) is 65.5 Å². The number of nitrogens with one attached hydrogen (secondary N) is 1. The van der Waals surface area contributed by atoms with E-state index in [1.165, 1.54) is 23.4 Å². The van der Waals surface area contributed by atoms with E-state index in [0.717, 1.165) is 17.9 Å².